The minimum Gasteiger partial charge on any atom is -0.481 e. The maximum absolute atomic E-state index is 12.1. The Balaban J connectivity index is 1.87. The second-order valence-electron chi connectivity index (χ2n) is 5.67. The molecule has 2 N–H and O–H groups in total. The highest BCUT2D eigenvalue weighted by Crippen LogP contribution is 2.37. The van der Waals surface area contributed by atoms with Crippen LogP contribution in [-0.2, 0) is 11.3 Å². The Hall–Kier alpha value is -2.11. The van der Waals surface area contributed by atoms with Gasteiger partial charge in [-0.3, -0.25) is 9.78 Å². The van der Waals surface area contributed by atoms with Gasteiger partial charge in [0, 0.05) is 32.5 Å². The molecule has 0 atom stereocenters. The zero-order valence-corrected chi connectivity index (χ0v) is 12.2. The molecule has 1 saturated carbocycles. The zero-order chi connectivity index (χ0) is 15.3. The lowest BCUT2D eigenvalue weighted by Crippen LogP contribution is -2.45. The first-order valence-corrected chi connectivity index (χ1v) is 7.15. The van der Waals surface area contributed by atoms with Crippen LogP contribution in [0.2, 0.25) is 0 Å². The van der Waals surface area contributed by atoms with Gasteiger partial charge in [0.25, 0.3) is 0 Å². The van der Waals surface area contributed by atoms with Gasteiger partial charge in [0.05, 0.1) is 5.41 Å². The van der Waals surface area contributed by atoms with E-state index in [1.165, 1.54) is 4.90 Å². The molecule has 1 aliphatic rings. The van der Waals surface area contributed by atoms with Crippen molar-refractivity contribution >= 4 is 12.0 Å². The average Bonchev–Trinajstić information content (AvgIpc) is 2.96. The van der Waals surface area contributed by atoms with Gasteiger partial charge < -0.3 is 15.3 Å². The van der Waals surface area contributed by atoms with Crippen molar-refractivity contribution in [1.29, 1.82) is 0 Å². The molecule has 6 heteroatoms. The number of amides is 2. The molecular formula is C15H21N3O3. The first-order valence-electron chi connectivity index (χ1n) is 7.15. The number of carboxylic acids is 1. The predicted molar refractivity (Wildman–Crippen MR) is 77.6 cm³/mol. The van der Waals surface area contributed by atoms with Crippen LogP contribution >= 0.6 is 0 Å². The molecule has 2 rings (SSSR count). The fourth-order valence-corrected chi connectivity index (χ4v) is 2.74. The standard InChI is InChI=1S/C15H21N3O3/c1-18(10-12-5-4-8-16-9-12)14(21)17-11-15(13(19)20)6-2-3-7-15/h4-5,8-9H,2-3,6-7,10-11H2,1H3,(H,17,21)(H,19,20). The van der Waals surface area contributed by atoms with E-state index in [2.05, 4.69) is 10.3 Å². The Morgan fingerprint density at radius 1 is 1.43 bits per heavy atom. The van der Waals surface area contributed by atoms with Crippen LogP contribution in [0.25, 0.3) is 0 Å². The summed E-state index contributed by atoms with van der Waals surface area (Å²) in [7, 11) is 1.68. The van der Waals surface area contributed by atoms with Gasteiger partial charge in [0.2, 0.25) is 0 Å². The SMILES string of the molecule is CN(Cc1cccnc1)C(=O)NCC1(C(=O)O)CCCC1. The largest absolute Gasteiger partial charge is 0.481 e. The molecule has 21 heavy (non-hydrogen) atoms. The molecule has 1 fully saturated rings. The van der Waals surface area contributed by atoms with E-state index in [0.717, 1.165) is 18.4 Å². The molecule has 0 aliphatic heterocycles. The van der Waals surface area contributed by atoms with E-state index in [-0.39, 0.29) is 12.6 Å². The van der Waals surface area contributed by atoms with Crippen molar-refractivity contribution in [1.82, 2.24) is 15.2 Å². The maximum Gasteiger partial charge on any atom is 0.317 e. The van der Waals surface area contributed by atoms with Crippen molar-refractivity contribution in [2.75, 3.05) is 13.6 Å². The van der Waals surface area contributed by atoms with Gasteiger partial charge in [-0.25, -0.2) is 4.79 Å². The molecule has 0 spiro atoms. The van der Waals surface area contributed by atoms with Crippen molar-refractivity contribution in [3.8, 4) is 0 Å². The number of nitrogens with one attached hydrogen (secondary N) is 1. The molecule has 1 aliphatic carbocycles. The minimum atomic E-state index is -0.810. The van der Waals surface area contributed by atoms with E-state index in [1.54, 1.807) is 19.4 Å². The van der Waals surface area contributed by atoms with Gasteiger partial charge in [-0.05, 0) is 24.5 Å². The zero-order valence-electron chi connectivity index (χ0n) is 12.2. The number of urea groups is 1. The van der Waals surface area contributed by atoms with Crippen molar-refractivity contribution < 1.29 is 14.7 Å². The number of pyridine rings is 1. The summed E-state index contributed by atoms with van der Waals surface area (Å²) in [5.74, 6) is -0.810. The number of aromatic nitrogens is 1. The van der Waals surface area contributed by atoms with E-state index in [4.69, 9.17) is 0 Å². The van der Waals surface area contributed by atoms with Gasteiger partial charge in [0.1, 0.15) is 0 Å². The van der Waals surface area contributed by atoms with Gasteiger partial charge in [-0.1, -0.05) is 18.9 Å². The van der Waals surface area contributed by atoms with E-state index in [1.807, 2.05) is 12.1 Å². The number of hydrogen-bond acceptors (Lipinski definition) is 3. The summed E-state index contributed by atoms with van der Waals surface area (Å²) in [6.45, 7) is 0.637. The number of carbonyl (C=O) groups is 2. The van der Waals surface area contributed by atoms with Crippen LogP contribution < -0.4 is 5.32 Å². The van der Waals surface area contributed by atoms with Crippen molar-refractivity contribution in [3.05, 3.63) is 30.1 Å². The molecule has 0 saturated heterocycles. The minimum absolute atomic E-state index is 0.193. The van der Waals surface area contributed by atoms with Crippen LogP contribution in [0.3, 0.4) is 0 Å². The van der Waals surface area contributed by atoms with Crippen molar-refractivity contribution in [3.63, 3.8) is 0 Å². The van der Waals surface area contributed by atoms with E-state index < -0.39 is 11.4 Å². The Kier molecular flexibility index (Phi) is 4.77. The number of carbonyl (C=O) groups excluding carboxylic acids is 1. The Morgan fingerprint density at radius 2 is 2.14 bits per heavy atom. The fourth-order valence-electron chi connectivity index (χ4n) is 2.74. The molecular weight excluding hydrogens is 270 g/mol. The highest BCUT2D eigenvalue weighted by atomic mass is 16.4. The Bertz CT molecular complexity index is 498. The third-order valence-corrected chi connectivity index (χ3v) is 4.08. The molecule has 0 aromatic carbocycles. The maximum atomic E-state index is 12.1. The Morgan fingerprint density at radius 3 is 2.71 bits per heavy atom. The fraction of sp³-hybridized carbons (Fsp3) is 0.533. The molecule has 1 aromatic rings. The van der Waals surface area contributed by atoms with Crippen LogP contribution in [-0.4, -0.2) is 40.6 Å². The number of hydrogen-bond donors (Lipinski definition) is 2. The average molecular weight is 291 g/mol. The van der Waals surface area contributed by atoms with Crippen LogP contribution in [0.4, 0.5) is 4.79 Å². The number of rotatable bonds is 5. The predicted octanol–water partition coefficient (Wildman–Crippen LogP) is 1.87. The quantitative estimate of drug-likeness (QED) is 0.867. The van der Waals surface area contributed by atoms with Crippen LogP contribution in [0.15, 0.2) is 24.5 Å². The smallest absolute Gasteiger partial charge is 0.317 e. The number of nitrogens with zero attached hydrogens (tertiary/aromatic N) is 2. The Labute approximate surface area is 124 Å². The van der Waals surface area contributed by atoms with E-state index in [0.29, 0.717) is 19.4 Å². The topological polar surface area (TPSA) is 82.5 Å². The van der Waals surface area contributed by atoms with E-state index >= 15 is 0 Å². The monoisotopic (exact) mass is 291 g/mol. The molecule has 0 radical (unpaired) electrons. The summed E-state index contributed by atoms with van der Waals surface area (Å²) >= 11 is 0. The number of aliphatic carboxylic acids is 1. The molecule has 2 amide bonds. The van der Waals surface area contributed by atoms with Gasteiger partial charge in [-0.2, -0.15) is 0 Å². The second kappa shape index (κ2) is 6.56. The first-order chi connectivity index (χ1) is 10.0. The normalized spacial score (nSPS) is 16.4. The summed E-state index contributed by atoms with van der Waals surface area (Å²) in [5.41, 5.74) is 0.147. The van der Waals surface area contributed by atoms with Gasteiger partial charge >= 0.3 is 12.0 Å². The summed E-state index contributed by atoms with van der Waals surface area (Å²) in [4.78, 5) is 29.0. The highest BCUT2D eigenvalue weighted by Gasteiger charge is 2.41. The van der Waals surface area contributed by atoms with Crippen molar-refractivity contribution in [2.45, 2.75) is 32.2 Å². The summed E-state index contributed by atoms with van der Waals surface area (Å²) in [6.07, 6.45) is 6.48. The molecule has 114 valence electrons. The molecule has 0 bridgehead atoms. The number of carboxylic acid groups (broad SMARTS) is 1. The van der Waals surface area contributed by atoms with Gasteiger partial charge in [0.15, 0.2) is 0 Å². The third kappa shape index (κ3) is 3.71. The van der Waals surface area contributed by atoms with Crippen LogP contribution in [0.1, 0.15) is 31.2 Å². The first kappa shape index (κ1) is 15.3. The van der Waals surface area contributed by atoms with Crippen LogP contribution in [0.5, 0.6) is 0 Å². The van der Waals surface area contributed by atoms with Gasteiger partial charge in [-0.15, -0.1) is 0 Å². The summed E-state index contributed by atoms with van der Waals surface area (Å²) < 4.78 is 0. The molecule has 1 heterocycles. The molecule has 0 unspecified atom stereocenters. The summed E-state index contributed by atoms with van der Waals surface area (Å²) in [6, 6.07) is 3.46. The lowest BCUT2D eigenvalue weighted by Gasteiger charge is -2.26. The van der Waals surface area contributed by atoms with E-state index in [9.17, 15) is 14.7 Å². The summed E-state index contributed by atoms with van der Waals surface area (Å²) in [5, 5.41) is 12.1. The lowest BCUT2D eigenvalue weighted by atomic mass is 9.86. The third-order valence-electron chi connectivity index (χ3n) is 4.08. The van der Waals surface area contributed by atoms with Crippen molar-refractivity contribution in [2.24, 2.45) is 5.41 Å². The second-order valence-corrected chi connectivity index (χ2v) is 5.67. The molecule has 6 nitrogen and oxygen atoms in total. The highest BCUT2D eigenvalue weighted by molar-refractivity contribution is 5.78. The molecule has 1 aromatic heterocycles. The van der Waals surface area contributed by atoms with Crippen LogP contribution in [0, 0.1) is 5.41 Å². The lowest BCUT2D eigenvalue weighted by molar-refractivity contribution is -0.148.